The predicted octanol–water partition coefficient (Wildman–Crippen LogP) is 2.86. The normalized spacial score (nSPS) is 35.8. The number of hydrogen-bond donors (Lipinski definition) is 1. The second-order valence-corrected chi connectivity index (χ2v) is 6.06. The fraction of sp³-hybridized carbons (Fsp3) is 1.00. The Labute approximate surface area is 104 Å². The molecule has 1 aliphatic carbocycles. The van der Waals surface area contributed by atoms with Crippen LogP contribution in [0.5, 0.6) is 0 Å². The molecule has 0 aromatic carbocycles. The molecule has 0 aromatic heterocycles. The van der Waals surface area contributed by atoms with Crippen molar-refractivity contribution in [2.45, 2.75) is 76.8 Å². The highest BCUT2D eigenvalue weighted by Gasteiger charge is 2.32. The van der Waals surface area contributed by atoms with E-state index in [9.17, 15) is 5.11 Å². The van der Waals surface area contributed by atoms with E-state index < -0.39 is 5.60 Å². The van der Waals surface area contributed by atoms with E-state index in [1.807, 2.05) is 13.8 Å². The van der Waals surface area contributed by atoms with Crippen LogP contribution in [0.3, 0.4) is 0 Å². The van der Waals surface area contributed by atoms with E-state index in [0.29, 0.717) is 12.0 Å². The van der Waals surface area contributed by atoms with Crippen molar-refractivity contribution < 1.29 is 14.6 Å². The molecule has 2 fully saturated rings. The van der Waals surface area contributed by atoms with Crippen LogP contribution < -0.4 is 0 Å². The second-order valence-electron chi connectivity index (χ2n) is 6.06. The molecule has 2 rings (SSSR count). The molecule has 0 bridgehead atoms. The predicted molar refractivity (Wildman–Crippen MR) is 66.7 cm³/mol. The summed E-state index contributed by atoms with van der Waals surface area (Å²) in [5, 5.41) is 9.98. The Morgan fingerprint density at radius 2 is 1.76 bits per heavy atom. The molecule has 0 amide bonds. The number of aliphatic hydroxyl groups is 1. The van der Waals surface area contributed by atoms with Gasteiger partial charge in [-0.2, -0.15) is 0 Å². The third kappa shape index (κ3) is 3.94. The molecule has 1 unspecified atom stereocenters. The van der Waals surface area contributed by atoms with Crippen LogP contribution >= 0.6 is 0 Å². The molecule has 1 atom stereocenters. The first-order valence-corrected chi connectivity index (χ1v) is 7.05. The van der Waals surface area contributed by atoms with Gasteiger partial charge in [0.05, 0.1) is 11.7 Å². The zero-order chi connectivity index (χ0) is 12.3. The van der Waals surface area contributed by atoms with Gasteiger partial charge in [-0.1, -0.05) is 0 Å². The van der Waals surface area contributed by atoms with Gasteiger partial charge >= 0.3 is 0 Å². The molecule has 1 saturated heterocycles. The van der Waals surface area contributed by atoms with Gasteiger partial charge in [0.25, 0.3) is 0 Å². The van der Waals surface area contributed by atoms with Crippen LogP contribution in [-0.2, 0) is 9.47 Å². The SMILES string of the molecule is CC(C)(O)[C@H]1CC[C@@H](OC2CCCCO2)CC1. The highest BCUT2D eigenvalue weighted by Crippen LogP contribution is 2.34. The third-order valence-electron chi connectivity index (χ3n) is 4.16. The van der Waals surface area contributed by atoms with Crippen molar-refractivity contribution in [2.24, 2.45) is 5.92 Å². The monoisotopic (exact) mass is 242 g/mol. The highest BCUT2D eigenvalue weighted by molar-refractivity contribution is 4.83. The standard InChI is InChI=1S/C14H26O3/c1-14(2,15)11-6-8-12(9-7-11)17-13-5-3-4-10-16-13/h11-13,15H,3-10H2,1-2H3/t11-,12+,13?. The Morgan fingerprint density at radius 1 is 1.06 bits per heavy atom. The Kier molecular flexibility index (Phi) is 4.45. The van der Waals surface area contributed by atoms with E-state index in [0.717, 1.165) is 38.7 Å². The second kappa shape index (κ2) is 5.68. The lowest BCUT2D eigenvalue weighted by Gasteiger charge is -2.37. The van der Waals surface area contributed by atoms with Crippen LogP contribution in [0.4, 0.5) is 0 Å². The summed E-state index contributed by atoms with van der Waals surface area (Å²) in [6.07, 6.45) is 8.09. The zero-order valence-electron chi connectivity index (χ0n) is 11.2. The molecule has 0 spiro atoms. The number of hydrogen-bond acceptors (Lipinski definition) is 3. The molecule has 1 saturated carbocycles. The summed E-state index contributed by atoms with van der Waals surface area (Å²) in [5.74, 6) is 0.426. The molecular weight excluding hydrogens is 216 g/mol. The highest BCUT2D eigenvalue weighted by atomic mass is 16.7. The van der Waals surface area contributed by atoms with Crippen molar-refractivity contribution in [3.8, 4) is 0 Å². The molecule has 100 valence electrons. The molecule has 1 aliphatic heterocycles. The molecule has 0 aromatic rings. The van der Waals surface area contributed by atoms with Gasteiger partial charge in [0.2, 0.25) is 0 Å². The maximum atomic E-state index is 9.98. The quantitative estimate of drug-likeness (QED) is 0.827. The average Bonchev–Trinajstić information content (AvgIpc) is 2.30. The van der Waals surface area contributed by atoms with Gasteiger partial charge in [0.15, 0.2) is 6.29 Å². The maximum Gasteiger partial charge on any atom is 0.157 e. The van der Waals surface area contributed by atoms with Gasteiger partial charge in [0.1, 0.15) is 0 Å². The number of ether oxygens (including phenoxy) is 2. The molecule has 1 N–H and O–H groups in total. The lowest BCUT2D eigenvalue weighted by Crippen LogP contribution is -2.37. The summed E-state index contributed by atoms with van der Waals surface area (Å²) in [6.45, 7) is 4.69. The van der Waals surface area contributed by atoms with Crippen LogP contribution in [0.25, 0.3) is 0 Å². The first-order valence-electron chi connectivity index (χ1n) is 7.05. The minimum atomic E-state index is -0.535. The Morgan fingerprint density at radius 3 is 2.29 bits per heavy atom. The van der Waals surface area contributed by atoms with Gasteiger partial charge in [-0.05, 0) is 64.7 Å². The Bertz CT molecular complexity index is 220. The lowest BCUT2D eigenvalue weighted by atomic mass is 9.78. The van der Waals surface area contributed by atoms with E-state index in [4.69, 9.17) is 9.47 Å². The Hall–Kier alpha value is -0.120. The summed E-state index contributed by atoms with van der Waals surface area (Å²) in [5.41, 5.74) is -0.535. The van der Waals surface area contributed by atoms with Crippen molar-refractivity contribution in [3.05, 3.63) is 0 Å². The van der Waals surface area contributed by atoms with Crippen molar-refractivity contribution in [1.82, 2.24) is 0 Å². The minimum absolute atomic E-state index is 0.0347. The van der Waals surface area contributed by atoms with Crippen molar-refractivity contribution in [2.75, 3.05) is 6.61 Å². The van der Waals surface area contributed by atoms with Crippen LogP contribution in [0.15, 0.2) is 0 Å². The van der Waals surface area contributed by atoms with E-state index >= 15 is 0 Å². The minimum Gasteiger partial charge on any atom is -0.390 e. The molecule has 3 heteroatoms. The fourth-order valence-electron chi connectivity index (χ4n) is 2.94. The van der Waals surface area contributed by atoms with E-state index in [2.05, 4.69) is 0 Å². The van der Waals surface area contributed by atoms with Crippen LogP contribution in [0.2, 0.25) is 0 Å². The zero-order valence-corrected chi connectivity index (χ0v) is 11.2. The summed E-state index contributed by atoms with van der Waals surface area (Å²) in [4.78, 5) is 0. The molecule has 2 aliphatic rings. The van der Waals surface area contributed by atoms with Gasteiger partial charge in [-0.25, -0.2) is 0 Å². The molecule has 3 nitrogen and oxygen atoms in total. The Balaban J connectivity index is 1.71. The molecular formula is C14H26O3. The van der Waals surface area contributed by atoms with Crippen LogP contribution in [0, 0.1) is 5.92 Å². The first-order chi connectivity index (χ1) is 8.05. The van der Waals surface area contributed by atoms with Gasteiger partial charge in [-0.3, -0.25) is 0 Å². The van der Waals surface area contributed by atoms with Crippen LogP contribution in [0.1, 0.15) is 58.8 Å². The molecule has 0 radical (unpaired) electrons. The van der Waals surface area contributed by atoms with E-state index in [-0.39, 0.29) is 6.29 Å². The van der Waals surface area contributed by atoms with E-state index in [1.165, 1.54) is 12.8 Å². The van der Waals surface area contributed by atoms with Gasteiger partial charge < -0.3 is 14.6 Å². The van der Waals surface area contributed by atoms with Gasteiger partial charge in [0, 0.05) is 6.61 Å². The van der Waals surface area contributed by atoms with E-state index in [1.54, 1.807) is 0 Å². The van der Waals surface area contributed by atoms with Gasteiger partial charge in [-0.15, -0.1) is 0 Å². The summed E-state index contributed by atoms with van der Waals surface area (Å²) in [6, 6.07) is 0. The lowest BCUT2D eigenvalue weighted by molar-refractivity contribution is -0.197. The topological polar surface area (TPSA) is 38.7 Å². The van der Waals surface area contributed by atoms with Crippen molar-refractivity contribution in [3.63, 3.8) is 0 Å². The molecule has 17 heavy (non-hydrogen) atoms. The largest absolute Gasteiger partial charge is 0.390 e. The van der Waals surface area contributed by atoms with Crippen molar-refractivity contribution in [1.29, 1.82) is 0 Å². The smallest absolute Gasteiger partial charge is 0.157 e. The first kappa shape index (κ1) is 13.3. The van der Waals surface area contributed by atoms with Crippen LogP contribution in [-0.4, -0.2) is 29.7 Å². The average molecular weight is 242 g/mol. The summed E-state index contributed by atoms with van der Waals surface area (Å²) in [7, 11) is 0. The maximum absolute atomic E-state index is 9.98. The summed E-state index contributed by atoms with van der Waals surface area (Å²) < 4.78 is 11.6. The molecule has 1 heterocycles. The third-order valence-corrected chi connectivity index (χ3v) is 4.16. The fourth-order valence-corrected chi connectivity index (χ4v) is 2.94. The summed E-state index contributed by atoms with van der Waals surface area (Å²) >= 11 is 0. The number of rotatable bonds is 3. The van der Waals surface area contributed by atoms with Crippen molar-refractivity contribution >= 4 is 0 Å².